The van der Waals surface area contributed by atoms with E-state index >= 15 is 0 Å². The molecule has 62 heavy (non-hydrogen) atoms. The maximum atomic E-state index is 7.20. The van der Waals surface area contributed by atoms with E-state index in [2.05, 4.69) is 121 Å². The molecule has 4 heteroatoms. The third-order valence-electron chi connectivity index (χ3n) is 15.1. The summed E-state index contributed by atoms with van der Waals surface area (Å²) in [6.07, 6.45) is 24.8. The Bertz CT molecular complexity index is 1400. The van der Waals surface area contributed by atoms with Gasteiger partial charge in [-0.15, -0.1) is 0 Å². The number of hydrogen-bond acceptors (Lipinski definition) is 4. The maximum Gasteiger partial charge on any atom is 0.126 e. The molecule has 354 valence electrons. The highest BCUT2D eigenvalue weighted by Gasteiger charge is 2.36. The molecule has 2 aliphatic heterocycles. The Labute approximate surface area is 384 Å². The predicted molar refractivity (Wildman–Crippen MR) is 268 cm³/mol. The summed E-state index contributed by atoms with van der Waals surface area (Å²) in [4.78, 5) is 0. The van der Waals surface area contributed by atoms with Crippen LogP contribution < -0.4 is 9.47 Å². The number of ether oxygens (including phenoxy) is 4. The standard InChI is InChI=1S/C58H98O4/c1-15-19-23-31-55(7,8)47-37-45(38-48(56(9,10)32-24-20-16-2)53(47)59-35-27-29-43(5)51-41-61-51)46-39-49(57(11,12)33-25-21-17-3)54(60-36-28-30-44(6)52-42-62-52)50(40-46)58(13,14)34-26-22-18-4/h37-40,43-44,51-52H,15-36,41-42H2,1-14H3. The molecule has 4 rings (SSSR count). The highest BCUT2D eigenvalue weighted by Crippen LogP contribution is 2.50. The lowest BCUT2D eigenvalue weighted by molar-refractivity contribution is 0.262. The summed E-state index contributed by atoms with van der Waals surface area (Å²) in [7, 11) is 0. The van der Waals surface area contributed by atoms with Gasteiger partial charge in [-0.25, -0.2) is 0 Å². The minimum absolute atomic E-state index is 0.0416. The van der Waals surface area contributed by atoms with E-state index in [1.807, 2.05) is 0 Å². The molecule has 2 fully saturated rings. The molecule has 2 aromatic carbocycles. The molecule has 0 amide bonds. The predicted octanol–water partition coefficient (Wildman–Crippen LogP) is 17.2. The molecule has 4 unspecified atom stereocenters. The van der Waals surface area contributed by atoms with Gasteiger partial charge in [0.2, 0.25) is 0 Å². The SMILES string of the molecule is CCCCCC(C)(C)c1cc(-c2cc(C(C)(C)CCCCC)c(OCCCC(C)C3CO3)c(C(C)(C)CCCCC)c2)cc(C(C)(C)CCCCC)c1OCCCC(C)C1CO1. The Morgan fingerprint density at radius 2 is 0.710 bits per heavy atom. The van der Waals surface area contributed by atoms with Crippen LogP contribution in [-0.2, 0) is 31.1 Å². The highest BCUT2D eigenvalue weighted by atomic mass is 16.6. The van der Waals surface area contributed by atoms with Gasteiger partial charge < -0.3 is 18.9 Å². The van der Waals surface area contributed by atoms with Crippen LogP contribution in [0.25, 0.3) is 11.1 Å². The fourth-order valence-corrected chi connectivity index (χ4v) is 10.0. The van der Waals surface area contributed by atoms with E-state index in [0.717, 1.165) is 89.3 Å². The number of benzene rings is 2. The molecule has 0 N–H and O–H groups in total. The Morgan fingerprint density at radius 3 is 0.935 bits per heavy atom. The van der Waals surface area contributed by atoms with Crippen molar-refractivity contribution in [3.05, 3.63) is 46.5 Å². The van der Waals surface area contributed by atoms with Crippen LogP contribution in [-0.4, -0.2) is 38.6 Å². The quantitative estimate of drug-likeness (QED) is 0.0530. The topological polar surface area (TPSA) is 43.5 Å². The van der Waals surface area contributed by atoms with Gasteiger partial charge in [-0.3, -0.25) is 0 Å². The molecule has 2 heterocycles. The van der Waals surface area contributed by atoms with E-state index in [9.17, 15) is 0 Å². The Balaban J connectivity index is 1.97. The molecule has 2 aliphatic rings. The summed E-state index contributed by atoms with van der Waals surface area (Å²) in [5.74, 6) is 3.50. The van der Waals surface area contributed by atoms with Crippen LogP contribution in [0.1, 0.15) is 248 Å². The lowest BCUT2D eigenvalue weighted by atomic mass is 9.71. The van der Waals surface area contributed by atoms with Crippen LogP contribution in [0, 0.1) is 11.8 Å². The zero-order chi connectivity index (χ0) is 45.6. The number of hydrogen-bond donors (Lipinski definition) is 0. The van der Waals surface area contributed by atoms with Crippen molar-refractivity contribution in [3.8, 4) is 22.6 Å². The molecule has 4 atom stereocenters. The average Bonchev–Trinajstić information content (AvgIpc) is 4.15. The lowest BCUT2D eigenvalue weighted by Gasteiger charge is -2.36. The third-order valence-corrected chi connectivity index (χ3v) is 15.1. The molecule has 0 radical (unpaired) electrons. The fraction of sp³-hybridized carbons (Fsp3) is 0.793. The average molecular weight is 859 g/mol. The Hall–Kier alpha value is -2.04. The van der Waals surface area contributed by atoms with Crippen molar-refractivity contribution in [3.63, 3.8) is 0 Å². The van der Waals surface area contributed by atoms with Crippen LogP contribution in [0.5, 0.6) is 11.5 Å². The van der Waals surface area contributed by atoms with Crippen molar-refractivity contribution in [2.24, 2.45) is 11.8 Å². The van der Waals surface area contributed by atoms with Gasteiger partial charge in [0.25, 0.3) is 0 Å². The summed E-state index contributed by atoms with van der Waals surface area (Å²) in [5.41, 5.74) is 8.09. The molecule has 0 spiro atoms. The van der Waals surface area contributed by atoms with E-state index < -0.39 is 0 Å². The molecule has 0 aromatic heterocycles. The first-order valence-electron chi connectivity index (χ1n) is 26.3. The van der Waals surface area contributed by atoms with Gasteiger partial charge in [0.1, 0.15) is 11.5 Å². The minimum atomic E-state index is -0.0416. The van der Waals surface area contributed by atoms with Crippen molar-refractivity contribution in [2.45, 2.75) is 259 Å². The van der Waals surface area contributed by atoms with Crippen molar-refractivity contribution < 1.29 is 18.9 Å². The van der Waals surface area contributed by atoms with Gasteiger partial charge in [-0.1, -0.05) is 174 Å². The molecule has 4 nitrogen and oxygen atoms in total. The van der Waals surface area contributed by atoms with E-state index in [1.165, 1.54) is 110 Å². The first-order valence-corrected chi connectivity index (χ1v) is 26.3. The van der Waals surface area contributed by atoms with Gasteiger partial charge in [-0.2, -0.15) is 0 Å². The Morgan fingerprint density at radius 1 is 0.452 bits per heavy atom. The molecule has 0 bridgehead atoms. The van der Waals surface area contributed by atoms with Crippen LogP contribution in [0.4, 0.5) is 0 Å². The zero-order valence-corrected chi connectivity index (χ0v) is 43.2. The number of unbranched alkanes of at least 4 members (excludes halogenated alkanes) is 8. The maximum absolute atomic E-state index is 7.20. The lowest BCUT2D eigenvalue weighted by Crippen LogP contribution is -2.25. The van der Waals surface area contributed by atoms with Crippen LogP contribution in [0.2, 0.25) is 0 Å². The van der Waals surface area contributed by atoms with Crippen molar-refractivity contribution in [1.29, 1.82) is 0 Å². The number of rotatable bonds is 33. The van der Waals surface area contributed by atoms with Crippen molar-refractivity contribution in [1.82, 2.24) is 0 Å². The highest BCUT2D eigenvalue weighted by molar-refractivity contribution is 5.73. The second kappa shape index (κ2) is 24.5. The number of epoxide rings is 2. The van der Waals surface area contributed by atoms with Crippen LogP contribution >= 0.6 is 0 Å². The van der Waals surface area contributed by atoms with Crippen LogP contribution in [0.3, 0.4) is 0 Å². The summed E-state index contributed by atoms with van der Waals surface area (Å²) in [6, 6.07) is 10.3. The summed E-state index contributed by atoms with van der Waals surface area (Å²) in [5, 5.41) is 0. The van der Waals surface area contributed by atoms with Gasteiger partial charge in [0, 0.05) is 22.3 Å². The largest absolute Gasteiger partial charge is 0.493 e. The smallest absolute Gasteiger partial charge is 0.126 e. The first kappa shape index (κ1) is 52.6. The monoisotopic (exact) mass is 859 g/mol. The van der Waals surface area contributed by atoms with Gasteiger partial charge in [0.05, 0.1) is 38.6 Å². The minimum Gasteiger partial charge on any atom is -0.493 e. The molecule has 2 aromatic rings. The zero-order valence-electron chi connectivity index (χ0n) is 43.2. The molecular formula is C58H98O4. The molecular weight excluding hydrogens is 761 g/mol. The second-order valence-electron chi connectivity index (χ2n) is 22.8. The molecule has 2 saturated heterocycles. The fourth-order valence-electron chi connectivity index (χ4n) is 10.0. The molecule has 0 saturated carbocycles. The van der Waals surface area contributed by atoms with E-state index in [-0.39, 0.29) is 21.7 Å². The van der Waals surface area contributed by atoms with Crippen molar-refractivity contribution >= 4 is 0 Å². The molecule has 0 aliphatic carbocycles. The van der Waals surface area contributed by atoms with Gasteiger partial charge in [0.15, 0.2) is 0 Å². The van der Waals surface area contributed by atoms with E-state index in [4.69, 9.17) is 18.9 Å². The summed E-state index contributed by atoms with van der Waals surface area (Å²) in [6.45, 7) is 37.3. The Kier molecular flexibility index (Phi) is 20.8. The summed E-state index contributed by atoms with van der Waals surface area (Å²) < 4.78 is 25.7. The van der Waals surface area contributed by atoms with Crippen LogP contribution in [0.15, 0.2) is 24.3 Å². The summed E-state index contributed by atoms with van der Waals surface area (Å²) >= 11 is 0. The van der Waals surface area contributed by atoms with E-state index in [0.29, 0.717) is 24.0 Å². The van der Waals surface area contributed by atoms with E-state index in [1.54, 1.807) is 0 Å². The van der Waals surface area contributed by atoms with Crippen molar-refractivity contribution in [2.75, 3.05) is 26.4 Å². The van der Waals surface area contributed by atoms with Gasteiger partial charge >= 0.3 is 0 Å². The van der Waals surface area contributed by atoms with Gasteiger partial charge in [-0.05, 0) is 120 Å². The normalized spacial score (nSPS) is 17.9. The first-order chi connectivity index (χ1) is 29.4. The second-order valence-corrected chi connectivity index (χ2v) is 22.8. The third kappa shape index (κ3) is 15.6.